The highest BCUT2D eigenvalue weighted by atomic mass is 35.5. The number of aromatic nitrogens is 2. The maximum absolute atomic E-state index is 12.9. The van der Waals surface area contributed by atoms with Crippen LogP contribution >= 0.6 is 11.6 Å². The van der Waals surface area contributed by atoms with E-state index in [9.17, 15) is 22.8 Å². The van der Waals surface area contributed by atoms with Crippen LogP contribution < -0.4 is 10.9 Å². The molecule has 10 heteroatoms. The summed E-state index contributed by atoms with van der Waals surface area (Å²) in [6, 6.07) is 10.1. The molecule has 1 aliphatic carbocycles. The largest absolute Gasteiger partial charge is 0.481 e. The van der Waals surface area contributed by atoms with E-state index >= 15 is 0 Å². The van der Waals surface area contributed by atoms with E-state index in [1.165, 1.54) is 17.0 Å². The first-order chi connectivity index (χ1) is 15.6. The fraction of sp³-hybridized carbons (Fsp3) is 0.261. The summed E-state index contributed by atoms with van der Waals surface area (Å²) in [6.07, 6.45) is 0.471. The molecule has 0 radical (unpaired) electrons. The lowest BCUT2D eigenvalue weighted by Crippen LogP contribution is -2.31. The van der Waals surface area contributed by atoms with Gasteiger partial charge >= 0.3 is 12.1 Å². The fourth-order valence-corrected chi connectivity index (χ4v) is 4.08. The van der Waals surface area contributed by atoms with Gasteiger partial charge in [0.05, 0.1) is 22.2 Å². The second-order valence-corrected chi connectivity index (χ2v) is 8.42. The molecule has 172 valence electrons. The van der Waals surface area contributed by atoms with E-state index in [0.717, 1.165) is 30.2 Å². The summed E-state index contributed by atoms with van der Waals surface area (Å²) in [5, 5.41) is 11.5. The Hall–Kier alpha value is -3.33. The van der Waals surface area contributed by atoms with Gasteiger partial charge in [0, 0.05) is 18.1 Å². The van der Waals surface area contributed by atoms with Crippen molar-refractivity contribution in [1.82, 2.24) is 9.55 Å². The molecule has 0 unspecified atom stereocenters. The Bertz CT molecular complexity index is 1240. The van der Waals surface area contributed by atoms with Crippen molar-refractivity contribution in [1.29, 1.82) is 0 Å². The first-order valence-electron chi connectivity index (χ1n) is 10.2. The fourth-order valence-electron chi connectivity index (χ4n) is 3.85. The molecule has 0 bridgehead atoms. The Kier molecular flexibility index (Phi) is 6.16. The molecule has 3 aromatic rings. The minimum Gasteiger partial charge on any atom is -0.481 e. The third-order valence-corrected chi connectivity index (χ3v) is 6.03. The van der Waals surface area contributed by atoms with Crippen molar-refractivity contribution in [3.63, 3.8) is 0 Å². The van der Waals surface area contributed by atoms with Crippen LogP contribution in [-0.4, -0.2) is 20.6 Å². The normalized spacial score (nSPS) is 17.9. The zero-order chi connectivity index (χ0) is 23.8. The highest BCUT2D eigenvalue weighted by Crippen LogP contribution is 2.36. The number of aliphatic carboxylic acids is 1. The Morgan fingerprint density at radius 3 is 2.48 bits per heavy atom. The number of nitrogens with one attached hydrogen (secondary N) is 1. The lowest BCUT2D eigenvalue weighted by atomic mass is 9.72. The van der Waals surface area contributed by atoms with Gasteiger partial charge in [0.25, 0.3) is 5.56 Å². The molecule has 1 aromatic heterocycles. The third kappa shape index (κ3) is 5.03. The van der Waals surface area contributed by atoms with Gasteiger partial charge in [-0.2, -0.15) is 13.2 Å². The van der Waals surface area contributed by atoms with E-state index in [2.05, 4.69) is 10.3 Å². The molecule has 4 rings (SSSR count). The summed E-state index contributed by atoms with van der Waals surface area (Å²) in [5.74, 6) is -0.753. The summed E-state index contributed by atoms with van der Waals surface area (Å²) in [4.78, 5) is 27.8. The zero-order valence-corrected chi connectivity index (χ0v) is 17.9. The molecule has 2 aromatic carbocycles. The van der Waals surface area contributed by atoms with Gasteiger partial charge in [-0.1, -0.05) is 23.7 Å². The minimum absolute atomic E-state index is 0.0857. The number of alkyl halides is 3. The number of hydrogen-bond donors (Lipinski definition) is 2. The van der Waals surface area contributed by atoms with Crippen molar-refractivity contribution < 1.29 is 23.1 Å². The van der Waals surface area contributed by atoms with Crippen molar-refractivity contribution >= 4 is 29.1 Å². The van der Waals surface area contributed by atoms with Gasteiger partial charge < -0.3 is 10.4 Å². The van der Waals surface area contributed by atoms with E-state index in [1.807, 2.05) is 12.1 Å². The molecule has 2 N–H and O–H groups in total. The lowest BCUT2D eigenvalue weighted by molar-refractivity contribution is -0.146. The predicted molar refractivity (Wildman–Crippen MR) is 117 cm³/mol. The Morgan fingerprint density at radius 1 is 1.18 bits per heavy atom. The second-order valence-electron chi connectivity index (χ2n) is 8.01. The quantitative estimate of drug-likeness (QED) is 0.503. The number of carboxylic acids is 1. The summed E-state index contributed by atoms with van der Waals surface area (Å²) in [5.41, 5.74) is 0.373. The van der Waals surface area contributed by atoms with Crippen molar-refractivity contribution in [3.05, 3.63) is 81.4 Å². The van der Waals surface area contributed by atoms with Gasteiger partial charge in [0.1, 0.15) is 0 Å². The summed E-state index contributed by atoms with van der Waals surface area (Å²) in [6.45, 7) is 0. The number of rotatable bonds is 6. The molecule has 33 heavy (non-hydrogen) atoms. The average molecular weight is 478 g/mol. The van der Waals surface area contributed by atoms with E-state index < -0.39 is 23.3 Å². The molecule has 1 heterocycles. The number of carboxylic acid groups (broad SMARTS) is 1. The first-order valence-corrected chi connectivity index (χ1v) is 10.5. The summed E-state index contributed by atoms with van der Waals surface area (Å²) < 4.78 is 39.9. The second kappa shape index (κ2) is 8.90. The van der Waals surface area contributed by atoms with E-state index in [-0.39, 0.29) is 22.4 Å². The maximum Gasteiger partial charge on any atom is 0.416 e. The first kappa shape index (κ1) is 22.8. The third-order valence-electron chi connectivity index (χ3n) is 5.71. The highest BCUT2D eigenvalue weighted by Gasteiger charge is 2.34. The highest BCUT2D eigenvalue weighted by molar-refractivity contribution is 6.33. The van der Waals surface area contributed by atoms with Crippen molar-refractivity contribution in [2.45, 2.75) is 25.4 Å². The molecular formula is C23H19ClF3N3O3. The van der Waals surface area contributed by atoms with Crippen molar-refractivity contribution in [2.75, 3.05) is 5.32 Å². The predicted octanol–water partition coefficient (Wildman–Crippen LogP) is 5.30. The summed E-state index contributed by atoms with van der Waals surface area (Å²) >= 11 is 5.96. The maximum atomic E-state index is 12.9. The van der Waals surface area contributed by atoms with Crippen LogP contribution in [0.25, 0.3) is 5.69 Å². The Labute approximate surface area is 191 Å². The number of anilines is 2. The van der Waals surface area contributed by atoms with Crippen LogP contribution in [0.4, 0.5) is 24.7 Å². The van der Waals surface area contributed by atoms with Gasteiger partial charge in [0.15, 0.2) is 5.82 Å². The van der Waals surface area contributed by atoms with Crippen molar-refractivity contribution in [3.8, 4) is 5.69 Å². The van der Waals surface area contributed by atoms with Crippen LogP contribution in [0.1, 0.15) is 24.0 Å². The summed E-state index contributed by atoms with van der Waals surface area (Å²) in [7, 11) is 0. The monoisotopic (exact) mass is 477 g/mol. The molecule has 0 spiro atoms. The number of hydrogen-bond acceptors (Lipinski definition) is 4. The molecule has 0 aliphatic heterocycles. The molecule has 0 saturated heterocycles. The molecule has 1 saturated carbocycles. The van der Waals surface area contributed by atoms with E-state index in [4.69, 9.17) is 16.7 Å². The topological polar surface area (TPSA) is 84.2 Å². The van der Waals surface area contributed by atoms with Crippen LogP contribution in [0.5, 0.6) is 0 Å². The van der Waals surface area contributed by atoms with Crippen LogP contribution in [0, 0.1) is 11.8 Å². The van der Waals surface area contributed by atoms with Crippen LogP contribution in [-0.2, 0) is 17.4 Å². The van der Waals surface area contributed by atoms with Crippen LogP contribution in [0.15, 0.2) is 59.7 Å². The molecular weight excluding hydrogens is 459 g/mol. The van der Waals surface area contributed by atoms with Crippen LogP contribution in [0.2, 0.25) is 5.02 Å². The van der Waals surface area contributed by atoms with E-state index in [0.29, 0.717) is 24.4 Å². The number of halogens is 4. The SMILES string of the molecule is O=C(O)C1CC(Cc2ccc(-n3ccnc(Nc4ccc(C(F)(F)F)cc4Cl)c3=O)cc2)C1. The smallest absolute Gasteiger partial charge is 0.416 e. The van der Waals surface area contributed by atoms with Crippen LogP contribution in [0.3, 0.4) is 0 Å². The van der Waals surface area contributed by atoms with Gasteiger partial charge in [-0.25, -0.2) is 4.98 Å². The standard InChI is InChI=1S/C23H19ClF3N3O3/c24-18-12-16(23(25,26)27)3-6-19(18)29-20-21(31)30(8-7-28-20)17-4-1-13(2-5-17)9-14-10-15(11-14)22(32)33/h1-8,12,14-15H,9-11H2,(H,28,29)(H,32,33). The molecule has 6 nitrogen and oxygen atoms in total. The van der Waals surface area contributed by atoms with Gasteiger partial charge in [0.2, 0.25) is 0 Å². The molecule has 0 atom stereocenters. The van der Waals surface area contributed by atoms with Gasteiger partial charge in [-0.15, -0.1) is 0 Å². The molecule has 1 fully saturated rings. The van der Waals surface area contributed by atoms with Gasteiger partial charge in [-0.05, 0) is 61.1 Å². The van der Waals surface area contributed by atoms with Gasteiger partial charge in [-0.3, -0.25) is 14.2 Å². The number of nitrogens with zero attached hydrogens (tertiary/aromatic N) is 2. The number of carbonyl (C=O) groups is 1. The Morgan fingerprint density at radius 2 is 1.88 bits per heavy atom. The molecule has 0 amide bonds. The van der Waals surface area contributed by atoms with Crippen molar-refractivity contribution in [2.24, 2.45) is 11.8 Å². The zero-order valence-electron chi connectivity index (χ0n) is 17.1. The number of benzene rings is 2. The lowest BCUT2D eigenvalue weighted by Gasteiger charge is -2.32. The average Bonchev–Trinajstić information content (AvgIpc) is 2.72. The Balaban J connectivity index is 1.49. The van der Waals surface area contributed by atoms with E-state index in [1.54, 1.807) is 12.1 Å². The molecule has 1 aliphatic rings. The minimum atomic E-state index is -4.53.